The minimum Gasteiger partial charge on any atom is -0.502 e. The lowest BCUT2D eigenvalue weighted by Gasteiger charge is -2.20. The topological polar surface area (TPSA) is 83.4 Å². The molecule has 1 amide bonds. The Labute approximate surface area is 159 Å². The lowest BCUT2D eigenvalue weighted by atomic mass is 10.2. The van der Waals surface area contributed by atoms with Crippen LogP contribution >= 0.6 is 0 Å². The lowest BCUT2D eigenvalue weighted by Crippen LogP contribution is -2.22. The van der Waals surface area contributed by atoms with E-state index >= 15 is 0 Å². The van der Waals surface area contributed by atoms with E-state index in [0.29, 0.717) is 11.1 Å². The summed E-state index contributed by atoms with van der Waals surface area (Å²) >= 11 is 0. The van der Waals surface area contributed by atoms with Gasteiger partial charge >= 0.3 is 0 Å². The fraction of sp³-hybridized carbons (Fsp3) is 0.300. The summed E-state index contributed by atoms with van der Waals surface area (Å²) in [7, 11) is 2.89. The summed E-state index contributed by atoms with van der Waals surface area (Å²) < 4.78 is 10.2. The van der Waals surface area contributed by atoms with Crippen LogP contribution in [0.5, 0.6) is 17.2 Å². The average Bonchev–Trinajstić information content (AvgIpc) is 2.70. The molecule has 7 nitrogen and oxygen atoms in total. The van der Waals surface area contributed by atoms with E-state index in [1.807, 2.05) is 12.1 Å². The molecule has 0 aromatic heterocycles. The van der Waals surface area contributed by atoms with Gasteiger partial charge in [0.1, 0.15) is 0 Å². The van der Waals surface area contributed by atoms with Crippen LogP contribution in [0.15, 0.2) is 41.5 Å². The first kappa shape index (κ1) is 20.1. The molecule has 144 valence electrons. The maximum absolute atomic E-state index is 12.2. The highest BCUT2D eigenvalue weighted by molar-refractivity contribution is 5.95. The number of nitrogens with one attached hydrogen (secondary N) is 1. The molecule has 2 N–H and O–H groups in total. The third kappa shape index (κ3) is 4.91. The number of anilines is 1. The predicted octanol–water partition coefficient (Wildman–Crippen LogP) is 3.02. The standard InChI is InChI=1S/C20H25N3O4/c1-5-23(6-2)16-9-7-15(8-10-16)20(25)22-21-13-14-11-17(26-3)19(24)18(12-14)27-4/h7-13,24H,5-6H2,1-4H3,(H,22,25)/b21-13+. The first-order chi connectivity index (χ1) is 13.0. The van der Waals surface area contributed by atoms with Gasteiger partial charge in [-0.25, -0.2) is 5.43 Å². The Bertz CT molecular complexity index is 774. The molecule has 0 fully saturated rings. The SMILES string of the molecule is CCN(CC)c1ccc(C(=O)N/N=C/c2cc(OC)c(O)c(OC)c2)cc1. The second kappa shape index (κ2) is 9.47. The van der Waals surface area contributed by atoms with Gasteiger partial charge in [-0.05, 0) is 50.2 Å². The second-order valence-electron chi connectivity index (χ2n) is 5.69. The fourth-order valence-corrected chi connectivity index (χ4v) is 2.63. The van der Waals surface area contributed by atoms with Crippen molar-refractivity contribution in [2.45, 2.75) is 13.8 Å². The van der Waals surface area contributed by atoms with E-state index in [0.717, 1.165) is 18.8 Å². The van der Waals surface area contributed by atoms with Gasteiger partial charge in [-0.3, -0.25) is 4.79 Å². The Kier molecular flexibility index (Phi) is 7.05. The molecule has 0 saturated carbocycles. The summed E-state index contributed by atoms with van der Waals surface area (Å²) in [5.74, 6) is 0.118. The molecule has 0 spiro atoms. The van der Waals surface area contributed by atoms with Crippen LogP contribution in [0.2, 0.25) is 0 Å². The molecule has 27 heavy (non-hydrogen) atoms. The van der Waals surface area contributed by atoms with E-state index in [-0.39, 0.29) is 23.2 Å². The van der Waals surface area contributed by atoms with Gasteiger partial charge in [-0.15, -0.1) is 0 Å². The van der Waals surface area contributed by atoms with Crippen LogP contribution in [0.25, 0.3) is 0 Å². The highest BCUT2D eigenvalue weighted by atomic mass is 16.5. The third-order valence-corrected chi connectivity index (χ3v) is 4.14. The summed E-state index contributed by atoms with van der Waals surface area (Å²) in [6.45, 7) is 6.00. The number of ether oxygens (including phenoxy) is 2. The van der Waals surface area contributed by atoms with E-state index in [4.69, 9.17) is 9.47 Å². The quantitative estimate of drug-likeness (QED) is 0.550. The summed E-state index contributed by atoms with van der Waals surface area (Å²) in [4.78, 5) is 14.4. The van der Waals surface area contributed by atoms with Crippen LogP contribution in [0.1, 0.15) is 29.8 Å². The van der Waals surface area contributed by atoms with Crippen molar-refractivity contribution in [3.63, 3.8) is 0 Å². The minimum absolute atomic E-state index is 0.0884. The Morgan fingerprint density at radius 1 is 1.11 bits per heavy atom. The van der Waals surface area contributed by atoms with Crippen molar-refractivity contribution >= 4 is 17.8 Å². The number of carbonyl (C=O) groups is 1. The highest BCUT2D eigenvalue weighted by Crippen LogP contribution is 2.36. The highest BCUT2D eigenvalue weighted by Gasteiger charge is 2.10. The predicted molar refractivity (Wildman–Crippen MR) is 106 cm³/mol. The number of phenolic OH excluding ortho intramolecular Hbond substituents is 1. The molecule has 0 radical (unpaired) electrons. The van der Waals surface area contributed by atoms with Crippen molar-refractivity contribution in [2.24, 2.45) is 5.10 Å². The van der Waals surface area contributed by atoms with Gasteiger partial charge in [0.15, 0.2) is 11.5 Å². The second-order valence-corrected chi connectivity index (χ2v) is 5.69. The molecular weight excluding hydrogens is 346 g/mol. The molecule has 7 heteroatoms. The number of hydrogen-bond acceptors (Lipinski definition) is 6. The number of hydrogen-bond donors (Lipinski definition) is 2. The monoisotopic (exact) mass is 371 g/mol. The Morgan fingerprint density at radius 3 is 2.15 bits per heavy atom. The van der Waals surface area contributed by atoms with Gasteiger partial charge < -0.3 is 19.5 Å². The van der Waals surface area contributed by atoms with Gasteiger partial charge in [0.2, 0.25) is 5.75 Å². The Hall–Kier alpha value is -3.22. The van der Waals surface area contributed by atoms with E-state index in [1.54, 1.807) is 24.3 Å². The molecule has 0 aliphatic heterocycles. The first-order valence-corrected chi connectivity index (χ1v) is 8.67. The zero-order chi connectivity index (χ0) is 19.8. The maximum atomic E-state index is 12.2. The molecule has 0 saturated heterocycles. The number of rotatable bonds is 8. The first-order valence-electron chi connectivity index (χ1n) is 8.67. The molecule has 0 unspecified atom stereocenters. The van der Waals surface area contributed by atoms with Gasteiger partial charge in [-0.1, -0.05) is 0 Å². The number of benzene rings is 2. The largest absolute Gasteiger partial charge is 0.502 e. The molecule has 0 bridgehead atoms. The van der Waals surface area contributed by atoms with Crippen LogP contribution < -0.4 is 19.8 Å². The van der Waals surface area contributed by atoms with Gasteiger partial charge in [0, 0.05) is 29.9 Å². The zero-order valence-electron chi connectivity index (χ0n) is 16.0. The Morgan fingerprint density at radius 2 is 1.67 bits per heavy atom. The van der Waals surface area contributed by atoms with Crippen LogP contribution in [0.3, 0.4) is 0 Å². The average molecular weight is 371 g/mol. The number of nitrogens with zero attached hydrogens (tertiary/aromatic N) is 2. The van der Waals surface area contributed by atoms with E-state index < -0.39 is 0 Å². The van der Waals surface area contributed by atoms with Crippen LogP contribution in [-0.4, -0.2) is 44.5 Å². The summed E-state index contributed by atoms with van der Waals surface area (Å²) in [5, 5.41) is 13.9. The molecule has 0 aliphatic rings. The molecule has 2 rings (SSSR count). The summed E-state index contributed by atoms with van der Waals surface area (Å²) in [6.07, 6.45) is 1.45. The van der Waals surface area contributed by atoms with Crippen molar-refractivity contribution in [2.75, 3.05) is 32.2 Å². The molecular formula is C20H25N3O4. The van der Waals surface area contributed by atoms with E-state index in [1.165, 1.54) is 20.4 Å². The van der Waals surface area contributed by atoms with Crippen molar-refractivity contribution < 1.29 is 19.4 Å². The minimum atomic E-state index is -0.310. The number of carbonyl (C=O) groups excluding carboxylic acids is 1. The van der Waals surface area contributed by atoms with Gasteiger partial charge in [-0.2, -0.15) is 5.10 Å². The van der Waals surface area contributed by atoms with E-state index in [2.05, 4.69) is 29.3 Å². The molecule has 2 aromatic rings. The smallest absolute Gasteiger partial charge is 0.271 e. The number of hydrazone groups is 1. The fourth-order valence-electron chi connectivity index (χ4n) is 2.63. The maximum Gasteiger partial charge on any atom is 0.271 e. The van der Waals surface area contributed by atoms with Crippen LogP contribution in [-0.2, 0) is 0 Å². The van der Waals surface area contributed by atoms with Crippen LogP contribution in [0.4, 0.5) is 5.69 Å². The molecule has 2 aromatic carbocycles. The van der Waals surface area contributed by atoms with Crippen molar-refractivity contribution in [3.8, 4) is 17.2 Å². The summed E-state index contributed by atoms with van der Waals surface area (Å²) in [6, 6.07) is 10.6. The van der Waals surface area contributed by atoms with Gasteiger partial charge in [0.05, 0.1) is 20.4 Å². The van der Waals surface area contributed by atoms with Gasteiger partial charge in [0.25, 0.3) is 5.91 Å². The molecule has 0 heterocycles. The summed E-state index contributed by atoms with van der Waals surface area (Å²) in [5.41, 5.74) is 4.69. The number of amides is 1. The normalized spacial score (nSPS) is 10.7. The number of aromatic hydroxyl groups is 1. The Balaban J connectivity index is 2.07. The number of phenols is 1. The number of methoxy groups -OCH3 is 2. The van der Waals surface area contributed by atoms with Crippen molar-refractivity contribution in [3.05, 3.63) is 47.5 Å². The van der Waals surface area contributed by atoms with Crippen LogP contribution in [0, 0.1) is 0 Å². The van der Waals surface area contributed by atoms with E-state index in [9.17, 15) is 9.90 Å². The zero-order valence-corrected chi connectivity index (χ0v) is 16.0. The van der Waals surface area contributed by atoms with Crippen molar-refractivity contribution in [1.29, 1.82) is 0 Å². The lowest BCUT2D eigenvalue weighted by molar-refractivity contribution is 0.0955. The molecule has 0 atom stereocenters. The van der Waals surface area contributed by atoms with Crippen molar-refractivity contribution in [1.82, 2.24) is 5.43 Å². The third-order valence-electron chi connectivity index (χ3n) is 4.14. The molecule has 0 aliphatic carbocycles.